The molecule has 0 aliphatic heterocycles. The van der Waals surface area contributed by atoms with Crippen molar-refractivity contribution in [1.29, 1.82) is 0 Å². The number of hydrogen-bond acceptors (Lipinski definition) is 1. The Labute approximate surface area is 259 Å². The number of nitrogens with zero attached hydrogens (tertiary/aromatic N) is 1. The topological polar surface area (TPSA) is 12.9 Å². The number of benzene rings is 5. The van der Waals surface area contributed by atoms with E-state index in [9.17, 15) is 5.76 Å². The van der Waals surface area contributed by atoms with E-state index in [1.54, 1.807) is 18.2 Å². The van der Waals surface area contributed by atoms with Gasteiger partial charge in [0.05, 0.1) is 11.2 Å². The minimum Gasteiger partial charge on any atom is -1.00 e. The zero-order valence-corrected chi connectivity index (χ0v) is 24.6. The quantitative estimate of drug-likeness (QED) is 0.217. The summed E-state index contributed by atoms with van der Waals surface area (Å²) in [5.41, 5.74) is 2.63. The molecule has 4 heteroatoms. The molecule has 6 aromatic rings. The van der Waals surface area contributed by atoms with Gasteiger partial charge in [-0.15, -0.1) is 0 Å². The van der Waals surface area contributed by atoms with Gasteiger partial charge in [0.15, 0.2) is 0 Å². The van der Waals surface area contributed by atoms with E-state index in [1.165, 1.54) is 12.1 Å². The summed E-state index contributed by atoms with van der Waals surface area (Å²) in [6.07, 6.45) is -4.60. The average molecular weight is 624 g/mol. The van der Waals surface area contributed by atoms with E-state index in [2.05, 4.69) is 36.4 Å². The summed E-state index contributed by atoms with van der Waals surface area (Å²) < 4.78 is 58.5. The molecule has 0 N–H and O–H groups in total. The average Bonchev–Trinajstić information content (AvgIpc) is 3.40. The fourth-order valence-electron chi connectivity index (χ4n) is 5.71. The van der Waals surface area contributed by atoms with E-state index in [0.717, 1.165) is 21.3 Å². The number of aromatic nitrogens is 1. The number of hydrogen-bond donors (Lipinski definition) is 0. The second-order valence-electron chi connectivity index (χ2n) is 9.94. The standard InChI is InChI=1S/C37H30FNP.BrH/c38-29-24-22-27(23-25-29)36-33-18-10-11-19-35(33)39-37(28-20-21-28)34(36)26-40(30-12-4-1-5-13-30,31-14-6-2-7-15-31)32-16-8-3-9-17-32;/h1-19,22-25,28H,20-21,26H2;1H/q+1;/p-1/i20D2,21D2,28D;. The van der Waals surface area contributed by atoms with Crippen LogP contribution in [-0.2, 0) is 6.16 Å². The van der Waals surface area contributed by atoms with E-state index in [4.69, 9.17) is 10.5 Å². The van der Waals surface area contributed by atoms with E-state index < -0.39 is 25.9 Å². The summed E-state index contributed by atoms with van der Waals surface area (Å²) in [5.74, 6) is -2.64. The molecule has 0 bridgehead atoms. The Morgan fingerprint density at radius 3 is 1.68 bits per heavy atom. The van der Waals surface area contributed by atoms with E-state index in [1.807, 2.05) is 72.8 Å². The third kappa shape index (κ3) is 5.14. The predicted molar refractivity (Wildman–Crippen MR) is 168 cm³/mol. The predicted octanol–water partition coefficient (Wildman–Crippen LogP) is 5.42. The van der Waals surface area contributed by atoms with Crippen LogP contribution < -0.4 is 32.9 Å². The molecule has 1 aromatic heterocycles. The van der Waals surface area contributed by atoms with Gasteiger partial charge >= 0.3 is 0 Å². The van der Waals surface area contributed by atoms with E-state index in [-0.39, 0.29) is 28.5 Å². The van der Waals surface area contributed by atoms with Crippen molar-refractivity contribution in [3.63, 3.8) is 0 Å². The molecule has 5 aromatic carbocycles. The molecule has 0 radical (unpaired) electrons. The van der Waals surface area contributed by atoms with Gasteiger partial charge in [0.25, 0.3) is 0 Å². The van der Waals surface area contributed by atoms with Gasteiger partial charge in [0, 0.05) is 23.7 Å². The van der Waals surface area contributed by atoms with Crippen LogP contribution in [0.5, 0.6) is 0 Å². The van der Waals surface area contributed by atoms with Crippen molar-refractivity contribution in [1.82, 2.24) is 4.98 Å². The van der Waals surface area contributed by atoms with Crippen molar-refractivity contribution in [3.8, 4) is 11.1 Å². The molecule has 0 unspecified atom stereocenters. The first kappa shape index (κ1) is 22.0. The Hall–Kier alpha value is -3.65. The Morgan fingerprint density at radius 2 is 1.17 bits per heavy atom. The molecule has 0 amide bonds. The van der Waals surface area contributed by atoms with Gasteiger partial charge < -0.3 is 17.0 Å². The van der Waals surface area contributed by atoms with Gasteiger partial charge in [-0.3, -0.25) is 4.98 Å². The summed E-state index contributed by atoms with van der Waals surface area (Å²) in [6, 6.07) is 44.4. The lowest BCUT2D eigenvalue weighted by Crippen LogP contribution is -3.00. The summed E-state index contributed by atoms with van der Waals surface area (Å²) in [6.45, 7) is 0. The Bertz CT molecular complexity index is 1900. The molecular formula is C37H30BrFNP. The first-order valence-electron chi connectivity index (χ1n) is 15.9. The van der Waals surface area contributed by atoms with Crippen LogP contribution in [0.4, 0.5) is 4.39 Å². The molecule has 202 valence electrons. The highest BCUT2D eigenvalue weighted by molar-refractivity contribution is 7.95. The van der Waals surface area contributed by atoms with Crippen molar-refractivity contribution in [2.75, 3.05) is 0 Å². The largest absolute Gasteiger partial charge is 1.00 e. The van der Waals surface area contributed by atoms with Crippen LogP contribution in [0, 0.1) is 5.82 Å². The molecule has 1 heterocycles. The smallest absolute Gasteiger partial charge is 0.123 e. The fraction of sp³-hybridized carbons (Fsp3) is 0.108. The van der Waals surface area contributed by atoms with Crippen LogP contribution in [-0.4, -0.2) is 4.98 Å². The van der Waals surface area contributed by atoms with E-state index >= 15 is 0 Å². The lowest BCUT2D eigenvalue weighted by atomic mass is 9.93. The molecule has 41 heavy (non-hydrogen) atoms. The van der Waals surface area contributed by atoms with Gasteiger partial charge in [-0.1, -0.05) is 84.9 Å². The van der Waals surface area contributed by atoms with Crippen molar-refractivity contribution < 1.29 is 28.2 Å². The molecule has 7 rings (SSSR count). The zero-order chi connectivity index (χ0) is 31.5. The first-order valence-corrected chi connectivity index (χ1v) is 15.3. The van der Waals surface area contributed by atoms with Crippen molar-refractivity contribution in [3.05, 3.63) is 157 Å². The SMILES string of the molecule is [2H]C1([2H])C([2H])([2H])C1([2H])c1nc2ccccc2c(-c2ccc(F)cc2)c1C[P+](c1ccccc1)(c1ccccc1)c1ccccc1.[Br-]. The second kappa shape index (κ2) is 11.7. The van der Waals surface area contributed by atoms with Crippen LogP contribution >= 0.6 is 7.26 Å². The van der Waals surface area contributed by atoms with Gasteiger partial charge in [-0.2, -0.15) is 0 Å². The number of halogens is 2. The molecule has 1 fully saturated rings. The minimum atomic E-state index is -2.60. The van der Waals surface area contributed by atoms with Crippen molar-refractivity contribution in [2.24, 2.45) is 0 Å². The third-order valence-corrected chi connectivity index (χ3v) is 11.9. The van der Waals surface area contributed by atoms with Crippen LogP contribution in [0.1, 0.15) is 36.8 Å². The second-order valence-corrected chi connectivity index (χ2v) is 13.4. The molecular weight excluding hydrogens is 588 g/mol. The minimum absolute atomic E-state index is 0. The Kier molecular flexibility index (Phi) is 6.27. The highest BCUT2D eigenvalue weighted by Crippen LogP contribution is 2.60. The maximum atomic E-state index is 14.3. The number of rotatable bonds is 7. The number of fused-ring (bicyclic) bond motifs is 1. The van der Waals surface area contributed by atoms with Crippen LogP contribution in [0.3, 0.4) is 0 Å². The van der Waals surface area contributed by atoms with E-state index in [0.29, 0.717) is 28.4 Å². The highest BCUT2D eigenvalue weighted by atomic mass is 79.9. The summed E-state index contributed by atoms with van der Waals surface area (Å²) in [5, 5.41) is 4.05. The molecule has 0 atom stereocenters. The maximum Gasteiger partial charge on any atom is 0.123 e. The Morgan fingerprint density at radius 1 is 0.683 bits per heavy atom. The number of pyridine rings is 1. The Balaban J connectivity index is 0.00000372. The molecule has 1 aliphatic rings. The van der Waals surface area contributed by atoms with Crippen molar-refractivity contribution in [2.45, 2.75) is 24.8 Å². The van der Waals surface area contributed by atoms with Crippen LogP contribution in [0.15, 0.2) is 140 Å². The summed E-state index contributed by atoms with van der Waals surface area (Å²) in [7, 11) is -2.60. The van der Waals surface area contributed by atoms with Gasteiger partial charge in [0.1, 0.15) is 35.2 Å². The third-order valence-electron chi connectivity index (χ3n) is 7.60. The van der Waals surface area contributed by atoms with Gasteiger partial charge in [-0.05, 0) is 78.5 Å². The lowest BCUT2D eigenvalue weighted by molar-refractivity contribution is -0.00000832. The normalized spacial score (nSPS) is 18.1. The summed E-state index contributed by atoms with van der Waals surface area (Å²) >= 11 is 0. The number of para-hydroxylation sites is 1. The zero-order valence-electron chi connectivity index (χ0n) is 27.1. The highest BCUT2D eigenvalue weighted by Gasteiger charge is 2.47. The van der Waals surface area contributed by atoms with Gasteiger partial charge in [-0.25, -0.2) is 4.39 Å². The van der Waals surface area contributed by atoms with Crippen LogP contribution in [0.2, 0.25) is 0 Å². The molecule has 1 nitrogen and oxygen atoms in total. The molecule has 1 saturated carbocycles. The molecule has 1 aliphatic carbocycles. The van der Waals surface area contributed by atoms with Gasteiger partial charge in [0.2, 0.25) is 0 Å². The first-order chi connectivity index (χ1) is 21.6. The summed E-state index contributed by atoms with van der Waals surface area (Å²) in [4.78, 5) is 4.95. The monoisotopic (exact) mass is 622 g/mol. The lowest BCUT2D eigenvalue weighted by Gasteiger charge is -2.30. The molecule has 0 saturated heterocycles. The van der Waals surface area contributed by atoms with Crippen LogP contribution in [0.25, 0.3) is 22.0 Å². The molecule has 0 spiro atoms. The van der Waals surface area contributed by atoms with Crippen molar-refractivity contribution >= 4 is 34.1 Å². The maximum absolute atomic E-state index is 14.3. The fourth-order valence-corrected chi connectivity index (χ4v) is 9.98.